The number of rotatable bonds is 5. The van der Waals surface area contributed by atoms with E-state index in [-0.39, 0.29) is 4.90 Å². The minimum absolute atomic E-state index is 0.0443. The Hall–Kier alpha value is -0.790. The fourth-order valence-electron chi connectivity index (χ4n) is 2.30. The van der Waals surface area contributed by atoms with Crippen LogP contribution < -0.4 is 4.72 Å². The lowest BCUT2D eigenvalue weighted by Gasteiger charge is -2.44. The number of nitrogens with one attached hydrogen (secondary N) is 1. The highest BCUT2D eigenvalue weighted by Crippen LogP contribution is 2.41. The van der Waals surface area contributed by atoms with Crippen molar-refractivity contribution >= 4 is 20.8 Å². The average Bonchev–Trinajstić information content (AvgIpc) is 2.41. The van der Waals surface area contributed by atoms with Crippen LogP contribution in [0.15, 0.2) is 35.2 Å². The fourth-order valence-corrected chi connectivity index (χ4v) is 5.02. The zero-order valence-corrected chi connectivity index (χ0v) is 14.6. The molecule has 1 saturated carbocycles. The van der Waals surface area contributed by atoms with Crippen LogP contribution in [0.2, 0.25) is 0 Å². The molecule has 1 aliphatic rings. The standard InChI is InChI=1S/C15H22FNO3S2/c1-14(2,3)21(18)17-15(10-7-11-15)13(16)22(19,20)12-8-5-4-6-9-12/h4-6,8-9,13,17H,7,10-11H2,1-3H3. The van der Waals surface area contributed by atoms with Gasteiger partial charge in [-0.15, -0.1) is 0 Å². The first-order valence-electron chi connectivity index (χ1n) is 7.22. The maximum Gasteiger partial charge on any atom is 0.224 e. The van der Waals surface area contributed by atoms with Crippen LogP contribution in [0, 0.1) is 0 Å². The topological polar surface area (TPSA) is 63.2 Å². The highest BCUT2D eigenvalue weighted by atomic mass is 32.2. The first-order valence-corrected chi connectivity index (χ1v) is 9.92. The van der Waals surface area contributed by atoms with E-state index in [4.69, 9.17) is 0 Å². The second kappa shape index (κ2) is 6.02. The van der Waals surface area contributed by atoms with Crippen LogP contribution >= 0.6 is 0 Å². The normalized spacial score (nSPS) is 20.9. The van der Waals surface area contributed by atoms with Gasteiger partial charge in [-0.05, 0) is 52.2 Å². The van der Waals surface area contributed by atoms with Crippen LogP contribution in [-0.2, 0) is 20.8 Å². The third-order valence-electron chi connectivity index (χ3n) is 3.88. The predicted molar refractivity (Wildman–Crippen MR) is 86.1 cm³/mol. The molecule has 0 radical (unpaired) electrons. The van der Waals surface area contributed by atoms with Crippen LogP contribution in [0.3, 0.4) is 0 Å². The summed E-state index contributed by atoms with van der Waals surface area (Å²) in [6.45, 7) is 5.30. The molecule has 2 atom stereocenters. The molecule has 0 bridgehead atoms. The Balaban J connectivity index is 2.29. The van der Waals surface area contributed by atoms with Gasteiger partial charge in [0.05, 0.1) is 26.2 Å². The molecule has 0 amide bonds. The summed E-state index contributed by atoms with van der Waals surface area (Å²) in [6.07, 6.45) is 1.45. The SMILES string of the molecule is CC(C)(C)S(=O)NC1(C(F)S(=O)(=O)c2ccccc2)CCC1. The molecule has 22 heavy (non-hydrogen) atoms. The van der Waals surface area contributed by atoms with Gasteiger partial charge in [0.15, 0.2) is 0 Å². The van der Waals surface area contributed by atoms with E-state index in [0.717, 1.165) is 6.42 Å². The summed E-state index contributed by atoms with van der Waals surface area (Å²) in [6, 6.07) is 7.57. The molecule has 1 N–H and O–H groups in total. The second-order valence-corrected chi connectivity index (χ2v) is 10.6. The number of hydrogen-bond acceptors (Lipinski definition) is 3. The summed E-state index contributed by atoms with van der Waals surface area (Å²) >= 11 is 0. The molecule has 0 aromatic heterocycles. The predicted octanol–water partition coefficient (Wildman–Crippen LogP) is 2.73. The minimum Gasteiger partial charge on any atom is -0.242 e. The van der Waals surface area contributed by atoms with Gasteiger partial charge in [-0.1, -0.05) is 18.2 Å². The molecule has 2 rings (SSSR count). The summed E-state index contributed by atoms with van der Waals surface area (Å²) in [7, 11) is -5.63. The molecule has 1 fully saturated rings. The maximum absolute atomic E-state index is 14.9. The van der Waals surface area contributed by atoms with Gasteiger partial charge in [-0.25, -0.2) is 21.7 Å². The lowest BCUT2D eigenvalue weighted by atomic mass is 9.79. The van der Waals surface area contributed by atoms with E-state index in [1.54, 1.807) is 39.0 Å². The molecule has 0 aliphatic heterocycles. The van der Waals surface area contributed by atoms with Crippen molar-refractivity contribution in [2.24, 2.45) is 0 Å². The summed E-state index contributed by atoms with van der Waals surface area (Å²) in [5, 5.41) is 0. The number of hydrogen-bond donors (Lipinski definition) is 1. The molecule has 0 spiro atoms. The summed E-state index contributed by atoms with van der Waals surface area (Å²) in [5.74, 6) is 0. The van der Waals surface area contributed by atoms with Crippen molar-refractivity contribution in [2.75, 3.05) is 0 Å². The molecule has 0 saturated heterocycles. The van der Waals surface area contributed by atoms with Gasteiger partial charge in [0.2, 0.25) is 15.3 Å². The van der Waals surface area contributed by atoms with Crippen molar-refractivity contribution in [3.63, 3.8) is 0 Å². The van der Waals surface area contributed by atoms with E-state index in [1.807, 2.05) is 0 Å². The van der Waals surface area contributed by atoms with E-state index in [1.165, 1.54) is 12.1 Å². The summed E-state index contributed by atoms with van der Waals surface area (Å²) < 4.78 is 54.4. The van der Waals surface area contributed by atoms with Crippen LogP contribution in [0.25, 0.3) is 0 Å². The maximum atomic E-state index is 14.9. The van der Waals surface area contributed by atoms with E-state index < -0.39 is 36.6 Å². The Kier molecular flexibility index (Phi) is 4.80. The Morgan fingerprint density at radius 1 is 1.23 bits per heavy atom. The third kappa shape index (κ3) is 3.26. The molecular formula is C15H22FNO3S2. The van der Waals surface area contributed by atoms with E-state index in [9.17, 15) is 17.0 Å². The number of alkyl halides is 1. The van der Waals surface area contributed by atoms with Crippen LogP contribution in [-0.4, -0.2) is 28.4 Å². The number of sulfone groups is 1. The van der Waals surface area contributed by atoms with Gasteiger partial charge < -0.3 is 0 Å². The Labute approximate surface area is 134 Å². The highest BCUT2D eigenvalue weighted by Gasteiger charge is 2.53. The molecule has 7 heteroatoms. The lowest BCUT2D eigenvalue weighted by molar-refractivity contribution is 0.142. The molecule has 2 unspecified atom stereocenters. The van der Waals surface area contributed by atoms with Crippen LogP contribution in [0.4, 0.5) is 4.39 Å². The minimum atomic E-state index is -4.11. The number of halogens is 1. The lowest BCUT2D eigenvalue weighted by Crippen LogP contribution is -2.62. The van der Waals surface area contributed by atoms with E-state index in [0.29, 0.717) is 12.8 Å². The molecule has 0 heterocycles. The van der Waals surface area contributed by atoms with E-state index in [2.05, 4.69) is 4.72 Å². The van der Waals surface area contributed by atoms with Crippen molar-refractivity contribution in [2.45, 2.75) is 60.7 Å². The van der Waals surface area contributed by atoms with Gasteiger partial charge in [0, 0.05) is 0 Å². The first-order chi connectivity index (χ1) is 10.1. The van der Waals surface area contributed by atoms with Crippen molar-refractivity contribution in [3.05, 3.63) is 30.3 Å². The Morgan fingerprint density at radius 2 is 1.77 bits per heavy atom. The van der Waals surface area contributed by atoms with Crippen molar-refractivity contribution in [1.29, 1.82) is 0 Å². The monoisotopic (exact) mass is 347 g/mol. The second-order valence-electron chi connectivity index (χ2n) is 6.67. The van der Waals surface area contributed by atoms with Crippen molar-refractivity contribution < 1.29 is 17.0 Å². The fraction of sp³-hybridized carbons (Fsp3) is 0.600. The van der Waals surface area contributed by atoms with Gasteiger partial charge in [0.1, 0.15) is 0 Å². The number of benzene rings is 1. The first kappa shape index (κ1) is 17.6. The van der Waals surface area contributed by atoms with Gasteiger partial charge in [0.25, 0.3) is 0 Å². The molecule has 1 aliphatic carbocycles. The summed E-state index contributed by atoms with van der Waals surface area (Å²) in [5.41, 5.74) is -3.37. The Bertz CT molecular complexity index is 649. The quantitative estimate of drug-likeness (QED) is 0.891. The largest absolute Gasteiger partial charge is 0.242 e. The highest BCUT2D eigenvalue weighted by molar-refractivity contribution is 7.92. The molecule has 124 valence electrons. The van der Waals surface area contributed by atoms with Crippen molar-refractivity contribution in [1.82, 2.24) is 4.72 Å². The van der Waals surface area contributed by atoms with Gasteiger partial charge in [-0.2, -0.15) is 0 Å². The zero-order chi connectivity index (χ0) is 16.6. The molecule has 1 aromatic rings. The van der Waals surface area contributed by atoms with Crippen LogP contribution in [0.5, 0.6) is 0 Å². The Morgan fingerprint density at radius 3 is 2.18 bits per heavy atom. The molecule has 1 aromatic carbocycles. The smallest absolute Gasteiger partial charge is 0.224 e. The molecular weight excluding hydrogens is 325 g/mol. The van der Waals surface area contributed by atoms with Gasteiger partial charge in [-0.3, -0.25) is 0 Å². The summed E-state index contributed by atoms with van der Waals surface area (Å²) in [4.78, 5) is -0.0443. The zero-order valence-electron chi connectivity index (χ0n) is 13.0. The van der Waals surface area contributed by atoms with E-state index >= 15 is 0 Å². The van der Waals surface area contributed by atoms with Gasteiger partial charge >= 0.3 is 0 Å². The third-order valence-corrected chi connectivity index (χ3v) is 7.51. The van der Waals surface area contributed by atoms with Crippen LogP contribution in [0.1, 0.15) is 40.0 Å². The van der Waals surface area contributed by atoms with Crippen molar-refractivity contribution in [3.8, 4) is 0 Å². The molecule has 4 nitrogen and oxygen atoms in total. The average molecular weight is 347 g/mol.